The van der Waals surface area contributed by atoms with Gasteiger partial charge in [0.25, 0.3) is 0 Å². The van der Waals surface area contributed by atoms with Crippen molar-refractivity contribution in [1.29, 1.82) is 0 Å². The molecule has 0 heterocycles. The fourth-order valence-electron chi connectivity index (χ4n) is 2.17. The summed E-state index contributed by atoms with van der Waals surface area (Å²) in [7, 11) is -6.61. The van der Waals surface area contributed by atoms with Crippen molar-refractivity contribution in [3.63, 3.8) is 0 Å². The minimum absolute atomic E-state index is 0.182. The van der Waals surface area contributed by atoms with Crippen LogP contribution in [0.5, 0.6) is 0 Å². The summed E-state index contributed by atoms with van der Waals surface area (Å²) in [5, 5.41) is 0. The van der Waals surface area contributed by atoms with Gasteiger partial charge in [0.1, 0.15) is 11.0 Å². The third-order valence-electron chi connectivity index (χ3n) is 3.47. The molecule has 1 aromatic rings. The molecule has 0 aliphatic heterocycles. The molecule has 0 saturated heterocycles. The van der Waals surface area contributed by atoms with E-state index in [2.05, 4.69) is 4.72 Å². The van der Waals surface area contributed by atoms with Gasteiger partial charge in [-0.25, -0.2) is 8.93 Å². The highest BCUT2D eigenvalue weighted by molar-refractivity contribution is 7.83. The third kappa shape index (κ3) is 5.41. The molecule has 1 aromatic carbocycles. The number of hydrogen-bond acceptors (Lipinski definition) is 4. The standard InChI is InChI=1S/C16H26F2NO4PS/c1-6-22-24(20,23-7-2)16(17,18)15(12(3)4)19-25(21)14-10-8-13(5)9-11-14/h8-12,15,19H,6-7H2,1-5H3/t15-,25?/m1/s1. The average Bonchev–Trinajstić information content (AvgIpc) is 2.52. The maximum absolute atomic E-state index is 15.0. The van der Waals surface area contributed by atoms with Gasteiger partial charge >= 0.3 is 13.3 Å². The van der Waals surface area contributed by atoms with Crippen LogP contribution < -0.4 is 4.72 Å². The van der Waals surface area contributed by atoms with Crippen LogP contribution in [0.25, 0.3) is 0 Å². The number of halogens is 2. The molecular formula is C16H26F2NO4PS. The lowest BCUT2D eigenvalue weighted by Crippen LogP contribution is -2.49. The van der Waals surface area contributed by atoms with E-state index in [0.717, 1.165) is 5.56 Å². The molecule has 5 nitrogen and oxygen atoms in total. The summed E-state index contributed by atoms with van der Waals surface area (Å²) >= 11 is 0. The maximum atomic E-state index is 15.0. The lowest BCUT2D eigenvalue weighted by atomic mass is 10.1. The van der Waals surface area contributed by atoms with Gasteiger partial charge in [-0.1, -0.05) is 31.5 Å². The molecule has 0 aromatic heterocycles. The van der Waals surface area contributed by atoms with Crippen LogP contribution >= 0.6 is 7.60 Å². The molecule has 1 N–H and O–H groups in total. The monoisotopic (exact) mass is 397 g/mol. The first-order valence-electron chi connectivity index (χ1n) is 8.10. The zero-order valence-corrected chi connectivity index (χ0v) is 16.8. The Hall–Kier alpha value is -0.660. The highest BCUT2D eigenvalue weighted by atomic mass is 32.2. The minimum atomic E-state index is -4.72. The van der Waals surface area contributed by atoms with Crippen molar-refractivity contribution < 1.29 is 26.6 Å². The summed E-state index contributed by atoms with van der Waals surface area (Å²) in [6, 6.07) is 5.02. The molecule has 2 atom stereocenters. The van der Waals surface area contributed by atoms with Crippen molar-refractivity contribution in [3.05, 3.63) is 29.8 Å². The number of benzene rings is 1. The highest BCUT2D eigenvalue weighted by Crippen LogP contribution is 2.64. The van der Waals surface area contributed by atoms with Crippen LogP contribution in [0.3, 0.4) is 0 Å². The summed E-state index contributed by atoms with van der Waals surface area (Å²) in [5.41, 5.74) is -2.88. The first-order valence-corrected chi connectivity index (χ1v) is 10.8. The normalized spacial score (nSPS) is 15.4. The van der Waals surface area contributed by atoms with Crippen LogP contribution in [0.4, 0.5) is 8.78 Å². The molecule has 0 spiro atoms. The second-order valence-electron chi connectivity index (χ2n) is 5.84. The third-order valence-corrected chi connectivity index (χ3v) is 6.85. The largest absolute Gasteiger partial charge is 0.401 e. The van der Waals surface area contributed by atoms with E-state index in [4.69, 9.17) is 9.05 Å². The number of aryl methyl sites for hydroxylation is 1. The molecule has 0 radical (unpaired) electrons. The zero-order chi connectivity index (χ0) is 19.3. The van der Waals surface area contributed by atoms with Crippen molar-refractivity contribution in [2.45, 2.75) is 51.2 Å². The first-order chi connectivity index (χ1) is 11.6. The van der Waals surface area contributed by atoms with Crippen molar-refractivity contribution >= 4 is 18.6 Å². The van der Waals surface area contributed by atoms with Crippen LogP contribution in [0.15, 0.2) is 29.2 Å². The van der Waals surface area contributed by atoms with E-state index in [1.54, 1.807) is 24.3 Å². The quantitative estimate of drug-likeness (QED) is 0.591. The van der Waals surface area contributed by atoms with Crippen molar-refractivity contribution in [1.82, 2.24) is 4.72 Å². The van der Waals surface area contributed by atoms with Gasteiger partial charge < -0.3 is 9.05 Å². The minimum Gasteiger partial charge on any atom is -0.305 e. The van der Waals surface area contributed by atoms with Crippen LogP contribution in [-0.2, 0) is 24.6 Å². The van der Waals surface area contributed by atoms with Crippen molar-refractivity contribution in [2.24, 2.45) is 5.92 Å². The Kier molecular flexibility index (Phi) is 8.35. The lowest BCUT2D eigenvalue weighted by Gasteiger charge is -2.34. The second kappa shape index (κ2) is 9.33. The molecule has 0 aliphatic rings. The number of nitrogens with one attached hydrogen (secondary N) is 1. The fourth-order valence-corrected chi connectivity index (χ4v) is 5.23. The summed E-state index contributed by atoms with van der Waals surface area (Å²) in [5.74, 6) is -0.668. The second-order valence-corrected chi connectivity index (χ2v) is 9.19. The summed E-state index contributed by atoms with van der Waals surface area (Å²) in [6.07, 6.45) is 0. The highest BCUT2D eigenvalue weighted by Gasteiger charge is 2.60. The SMILES string of the molecule is CCOP(=O)(OCC)C(F)(F)[C@H](NS(=O)c1ccc(C)cc1)C(C)C. The molecule has 0 saturated carbocycles. The Labute approximate surface area is 150 Å². The molecule has 1 rings (SSSR count). The van der Waals surface area contributed by atoms with E-state index < -0.39 is 36.2 Å². The van der Waals surface area contributed by atoms with E-state index in [9.17, 15) is 17.6 Å². The molecule has 0 bridgehead atoms. The smallest absolute Gasteiger partial charge is 0.305 e. The first kappa shape index (κ1) is 22.4. The van der Waals surface area contributed by atoms with E-state index >= 15 is 0 Å². The average molecular weight is 397 g/mol. The molecule has 144 valence electrons. The van der Waals surface area contributed by atoms with Crippen LogP contribution in [0.1, 0.15) is 33.3 Å². The molecule has 1 unspecified atom stereocenters. The fraction of sp³-hybridized carbons (Fsp3) is 0.625. The van der Waals surface area contributed by atoms with Gasteiger partial charge in [0, 0.05) is 0 Å². The predicted octanol–water partition coefficient (Wildman–Crippen LogP) is 4.49. The Morgan fingerprint density at radius 2 is 1.64 bits per heavy atom. The van der Waals surface area contributed by atoms with Gasteiger partial charge in [0.2, 0.25) is 0 Å². The predicted molar refractivity (Wildman–Crippen MR) is 95.2 cm³/mol. The van der Waals surface area contributed by atoms with Crippen molar-refractivity contribution in [2.75, 3.05) is 13.2 Å². The van der Waals surface area contributed by atoms with Gasteiger partial charge in [-0.2, -0.15) is 8.78 Å². The number of rotatable bonds is 10. The Bertz CT molecular complexity index is 615. The Balaban J connectivity index is 3.13. The topological polar surface area (TPSA) is 64.6 Å². The van der Waals surface area contributed by atoms with Crippen molar-refractivity contribution in [3.8, 4) is 0 Å². The number of alkyl halides is 2. The van der Waals surface area contributed by atoms with Gasteiger partial charge in [-0.05, 0) is 38.8 Å². The van der Waals surface area contributed by atoms with E-state index in [1.165, 1.54) is 27.7 Å². The molecule has 9 heteroatoms. The molecule has 0 aliphatic carbocycles. The van der Waals surface area contributed by atoms with E-state index in [1.807, 2.05) is 6.92 Å². The number of hydrogen-bond donors (Lipinski definition) is 1. The Morgan fingerprint density at radius 3 is 2.04 bits per heavy atom. The lowest BCUT2D eigenvalue weighted by molar-refractivity contribution is -0.000697. The summed E-state index contributed by atoms with van der Waals surface area (Å²) in [6.45, 7) is 7.48. The Morgan fingerprint density at radius 1 is 1.16 bits per heavy atom. The van der Waals surface area contributed by atoms with Crippen LogP contribution in [-0.4, -0.2) is 29.1 Å². The summed E-state index contributed by atoms with van der Waals surface area (Å²) < 4.78 is 67.1. The molecule has 25 heavy (non-hydrogen) atoms. The van der Waals surface area contributed by atoms with Gasteiger partial charge in [0.15, 0.2) is 0 Å². The molecular weight excluding hydrogens is 371 g/mol. The van der Waals surface area contributed by atoms with Crippen LogP contribution in [0.2, 0.25) is 0 Å². The van der Waals surface area contributed by atoms with Gasteiger partial charge in [-0.3, -0.25) is 4.57 Å². The molecule has 0 fully saturated rings. The maximum Gasteiger partial charge on any atom is 0.401 e. The van der Waals surface area contributed by atoms with E-state index in [0.29, 0.717) is 4.90 Å². The molecule has 0 amide bonds. The zero-order valence-electron chi connectivity index (χ0n) is 15.1. The van der Waals surface area contributed by atoms with Gasteiger partial charge in [-0.15, -0.1) is 0 Å². The summed E-state index contributed by atoms with van der Waals surface area (Å²) in [4.78, 5) is 0.356. The van der Waals surface area contributed by atoms with Gasteiger partial charge in [0.05, 0.1) is 24.2 Å². The van der Waals surface area contributed by atoms with Crippen LogP contribution in [0, 0.1) is 12.8 Å². The van der Waals surface area contributed by atoms with E-state index in [-0.39, 0.29) is 13.2 Å².